The fourth-order valence-corrected chi connectivity index (χ4v) is 12.3. The molecule has 0 unspecified atom stereocenters. The molecule has 236 valence electrons. The third kappa shape index (κ3) is 4.60. The lowest BCUT2D eigenvalue weighted by Crippen LogP contribution is -2.58. The first-order chi connectivity index (χ1) is 20.2. The van der Waals surface area contributed by atoms with Gasteiger partial charge in [0.05, 0.1) is 0 Å². The molecule has 0 aliphatic heterocycles. The van der Waals surface area contributed by atoms with Crippen LogP contribution >= 0.6 is 0 Å². The summed E-state index contributed by atoms with van der Waals surface area (Å²) in [6.07, 6.45) is 17.7. The maximum Gasteiger partial charge on any atom is 0.331 e. The van der Waals surface area contributed by atoms with Gasteiger partial charge >= 0.3 is 5.97 Å². The van der Waals surface area contributed by atoms with Crippen LogP contribution in [0.5, 0.6) is 5.75 Å². The summed E-state index contributed by atoms with van der Waals surface area (Å²) in [6.45, 7) is 21.8. The average molecular weight is 587 g/mol. The fraction of sp³-hybridized carbons (Fsp3) is 0.725. The van der Waals surface area contributed by atoms with Crippen molar-refractivity contribution in [2.24, 2.45) is 56.7 Å². The summed E-state index contributed by atoms with van der Waals surface area (Å²) in [5.74, 6) is 3.67. The normalized spacial score (nSPS) is 41.6. The monoisotopic (exact) mass is 586 g/mol. The van der Waals surface area contributed by atoms with Crippen LogP contribution in [0.15, 0.2) is 42.5 Å². The summed E-state index contributed by atoms with van der Waals surface area (Å²) in [5.41, 5.74) is 4.16. The van der Waals surface area contributed by atoms with Gasteiger partial charge in [0.2, 0.25) is 0 Å². The number of esters is 1. The molecule has 6 rings (SSSR count). The lowest BCUT2D eigenvalue weighted by atomic mass is 9.41. The number of benzene rings is 1. The molecule has 0 heterocycles. The largest absolute Gasteiger partial charge is 0.508 e. The van der Waals surface area contributed by atoms with Crippen LogP contribution in [-0.2, 0) is 9.53 Å². The SMILES string of the molecule is C=C(CC[C@@H](C)[C@H]1CC[C@@]2(C)[C@@H]3CC[C@H]4C(C)(C)[C@H](OC(=O)/C=C/c5ccc(O)cc5)CC[C@@]45C[C@@]35CC[C@]12C)C(C)C. The van der Waals surface area contributed by atoms with Gasteiger partial charge in [-0.1, -0.05) is 72.8 Å². The standard InChI is InChI=1S/C40H58O3/c1-26(2)27(3)9-10-28(4)31-19-21-38(8)33-17-16-32-36(5,6)34(43-35(42)18-13-29-11-14-30(41)15-12-29)20-22-39(32)25-40(33,39)24-23-37(31,38)7/h11-15,18,26,28,31-34,41H,3,9-10,16-17,19-25H2,1-2,4-8H3/b18-13+/t28-,31-,32+,33+,34-,37-,38+,39-,40+/m1/s1. The van der Waals surface area contributed by atoms with Gasteiger partial charge in [-0.25, -0.2) is 4.79 Å². The minimum absolute atomic E-state index is 0.0120. The molecule has 1 N–H and O–H groups in total. The van der Waals surface area contributed by atoms with Crippen LogP contribution in [0.4, 0.5) is 0 Å². The van der Waals surface area contributed by atoms with Gasteiger partial charge in [-0.3, -0.25) is 0 Å². The number of fused-ring (bicyclic) bond motifs is 2. The summed E-state index contributed by atoms with van der Waals surface area (Å²) in [4.78, 5) is 13.0. The smallest absolute Gasteiger partial charge is 0.331 e. The number of hydrogen-bond donors (Lipinski definition) is 1. The topological polar surface area (TPSA) is 46.5 Å². The van der Waals surface area contributed by atoms with Crippen molar-refractivity contribution >= 4 is 12.0 Å². The molecule has 0 radical (unpaired) electrons. The van der Waals surface area contributed by atoms with E-state index in [0.717, 1.165) is 29.7 Å². The van der Waals surface area contributed by atoms with Gasteiger partial charge in [0, 0.05) is 11.5 Å². The molecular formula is C40H58O3. The van der Waals surface area contributed by atoms with E-state index >= 15 is 0 Å². The number of ether oxygens (including phenoxy) is 1. The van der Waals surface area contributed by atoms with Crippen LogP contribution in [0.1, 0.15) is 125 Å². The van der Waals surface area contributed by atoms with Crippen LogP contribution in [-0.4, -0.2) is 17.2 Å². The maximum absolute atomic E-state index is 13.0. The average Bonchev–Trinajstić information content (AvgIpc) is 3.54. The second-order valence-corrected chi connectivity index (χ2v) is 17.2. The van der Waals surface area contributed by atoms with Gasteiger partial charge in [0.1, 0.15) is 11.9 Å². The minimum Gasteiger partial charge on any atom is -0.508 e. The number of aromatic hydroxyl groups is 1. The molecular weight excluding hydrogens is 528 g/mol. The quantitative estimate of drug-likeness (QED) is 0.187. The van der Waals surface area contributed by atoms with Crippen LogP contribution in [0.3, 0.4) is 0 Å². The van der Waals surface area contributed by atoms with Crippen molar-refractivity contribution < 1.29 is 14.6 Å². The highest BCUT2D eigenvalue weighted by Crippen LogP contribution is 2.89. The predicted octanol–water partition coefficient (Wildman–Crippen LogP) is 10.4. The number of rotatable bonds is 8. The number of phenols is 1. The molecule has 5 fully saturated rings. The van der Waals surface area contributed by atoms with Gasteiger partial charge in [0.25, 0.3) is 0 Å². The van der Waals surface area contributed by atoms with Crippen molar-refractivity contribution in [3.05, 3.63) is 48.1 Å². The van der Waals surface area contributed by atoms with Crippen molar-refractivity contribution in [3.63, 3.8) is 0 Å². The number of allylic oxidation sites excluding steroid dienone is 1. The molecule has 0 saturated heterocycles. The molecule has 43 heavy (non-hydrogen) atoms. The lowest BCUT2D eigenvalue weighted by molar-refractivity contribution is -0.179. The molecule has 9 atom stereocenters. The predicted molar refractivity (Wildman–Crippen MR) is 176 cm³/mol. The summed E-state index contributed by atoms with van der Waals surface area (Å²) < 4.78 is 6.22. The summed E-state index contributed by atoms with van der Waals surface area (Å²) in [5, 5.41) is 9.54. The highest BCUT2D eigenvalue weighted by atomic mass is 16.5. The van der Waals surface area contributed by atoms with Crippen LogP contribution in [0, 0.1) is 56.7 Å². The molecule has 5 saturated carbocycles. The Morgan fingerprint density at radius 3 is 2.30 bits per heavy atom. The Hall–Kier alpha value is -2.03. The molecule has 5 aliphatic carbocycles. The van der Waals surface area contributed by atoms with Gasteiger partial charge in [-0.15, -0.1) is 0 Å². The third-order valence-electron chi connectivity index (χ3n) is 15.1. The first-order valence-corrected chi connectivity index (χ1v) is 17.6. The van der Waals surface area contributed by atoms with E-state index in [2.05, 4.69) is 55.0 Å². The second kappa shape index (κ2) is 10.5. The van der Waals surface area contributed by atoms with Crippen molar-refractivity contribution in [2.45, 2.75) is 125 Å². The number of carbonyl (C=O) groups is 1. The van der Waals surface area contributed by atoms with E-state index < -0.39 is 0 Å². The molecule has 1 aromatic carbocycles. The summed E-state index contributed by atoms with van der Waals surface area (Å²) >= 11 is 0. The first kappa shape index (κ1) is 31.0. The minimum atomic E-state index is -0.245. The van der Waals surface area contributed by atoms with E-state index in [9.17, 15) is 9.90 Å². The highest BCUT2D eigenvalue weighted by Gasteiger charge is 2.82. The summed E-state index contributed by atoms with van der Waals surface area (Å²) in [7, 11) is 0. The van der Waals surface area contributed by atoms with E-state index in [1.165, 1.54) is 69.8 Å². The fourth-order valence-electron chi connectivity index (χ4n) is 12.3. The zero-order chi connectivity index (χ0) is 31.0. The van der Waals surface area contributed by atoms with E-state index in [-0.39, 0.29) is 23.2 Å². The van der Waals surface area contributed by atoms with E-state index in [0.29, 0.717) is 33.5 Å². The van der Waals surface area contributed by atoms with Crippen molar-refractivity contribution in [1.82, 2.24) is 0 Å². The zero-order valence-corrected chi connectivity index (χ0v) is 28.2. The number of phenolic OH excluding ortho intramolecular Hbond substituents is 1. The Morgan fingerprint density at radius 2 is 1.60 bits per heavy atom. The molecule has 0 aromatic heterocycles. The van der Waals surface area contributed by atoms with Crippen LogP contribution in [0.2, 0.25) is 0 Å². The Morgan fingerprint density at radius 1 is 0.930 bits per heavy atom. The van der Waals surface area contributed by atoms with Gasteiger partial charge in [-0.05, 0) is 146 Å². The molecule has 2 spiro atoms. The van der Waals surface area contributed by atoms with Crippen LogP contribution < -0.4 is 0 Å². The highest BCUT2D eigenvalue weighted by molar-refractivity contribution is 5.87. The number of carbonyl (C=O) groups excluding carboxylic acids is 1. The Kier molecular flexibility index (Phi) is 7.58. The van der Waals surface area contributed by atoms with Crippen molar-refractivity contribution in [3.8, 4) is 5.75 Å². The molecule has 1 aromatic rings. The van der Waals surface area contributed by atoms with Gasteiger partial charge < -0.3 is 9.84 Å². The van der Waals surface area contributed by atoms with Gasteiger partial charge in [-0.2, -0.15) is 0 Å². The molecule has 0 bridgehead atoms. The second-order valence-electron chi connectivity index (χ2n) is 17.2. The summed E-state index contributed by atoms with van der Waals surface area (Å²) in [6, 6.07) is 6.90. The molecule has 3 nitrogen and oxygen atoms in total. The Balaban J connectivity index is 1.15. The zero-order valence-electron chi connectivity index (χ0n) is 28.2. The van der Waals surface area contributed by atoms with Crippen molar-refractivity contribution in [1.29, 1.82) is 0 Å². The van der Waals surface area contributed by atoms with Crippen LogP contribution in [0.25, 0.3) is 6.08 Å². The lowest BCUT2D eigenvalue weighted by Gasteiger charge is -2.63. The maximum atomic E-state index is 13.0. The molecule has 3 heteroatoms. The van der Waals surface area contributed by atoms with Crippen molar-refractivity contribution in [2.75, 3.05) is 0 Å². The van der Waals surface area contributed by atoms with Gasteiger partial charge in [0.15, 0.2) is 0 Å². The third-order valence-corrected chi connectivity index (χ3v) is 15.1. The first-order valence-electron chi connectivity index (χ1n) is 17.6. The molecule has 5 aliphatic rings. The number of hydrogen-bond acceptors (Lipinski definition) is 3. The Labute approximate surface area is 262 Å². The van der Waals surface area contributed by atoms with E-state index in [4.69, 9.17) is 4.74 Å². The molecule has 0 amide bonds. The Bertz CT molecular complexity index is 1270. The van der Waals surface area contributed by atoms with E-state index in [1.54, 1.807) is 24.3 Å². The van der Waals surface area contributed by atoms with E-state index in [1.807, 2.05) is 12.1 Å².